The summed E-state index contributed by atoms with van der Waals surface area (Å²) in [7, 11) is 1.58. The minimum absolute atomic E-state index is 0.181. The summed E-state index contributed by atoms with van der Waals surface area (Å²) in [6.07, 6.45) is 1.77. The summed E-state index contributed by atoms with van der Waals surface area (Å²) in [5.74, 6) is 1.69. The van der Waals surface area contributed by atoms with Crippen molar-refractivity contribution >= 4 is 34.6 Å². The molecule has 0 atom stereocenters. The first-order chi connectivity index (χ1) is 13.0. The van der Waals surface area contributed by atoms with E-state index in [1.165, 1.54) is 11.8 Å². The summed E-state index contributed by atoms with van der Waals surface area (Å²) in [6.45, 7) is 4.23. The largest absolute Gasteiger partial charge is 0.496 e. The molecule has 2 aromatic carbocycles. The van der Waals surface area contributed by atoms with Crippen molar-refractivity contribution in [2.45, 2.75) is 13.8 Å². The fraction of sp³-hybridized carbons (Fsp3) is 0.200. The number of hydrogen-bond donors (Lipinski definition) is 1. The van der Waals surface area contributed by atoms with E-state index in [2.05, 4.69) is 16.4 Å². The monoisotopic (exact) mass is 382 g/mol. The van der Waals surface area contributed by atoms with Crippen LogP contribution in [0, 0.1) is 13.8 Å². The number of amides is 1. The number of aliphatic imine (C=N–C) groups is 1. The Morgan fingerprint density at radius 2 is 1.81 bits per heavy atom. The van der Waals surface area contributed by atoms with Gasteiger partial charge in [-0.1, -0.05) is 6.07 Å². The highest BCUT2D eigenvalue weighted by Gasteiger charge is 2.25. The SMILES string of the molecule is COc1cc2c(cc1/C=C1\SC(=Nc3cc(C)cc(C)c3)NC1=O)OCO2. The zero-order valence-corrected chi connectivity index (χ0v) is 16.0. The summed E-state index contributed by atoms with van der Waals surface area (Å²) in [5.41, 5.74) is 3.82. The topological polar surface area (TPSA) is 69.2 Å². The second kappa shape index (κ2) is 7.00. The van der Waals surface area contributed by atoms with Crippen molar-refractivity contribution in [3.63, 3.8) is 0 Å². The van der Waals surface area contributed by atoms with Crippen molar-refractivity contribution in [2.24, 2.45) is 4.99 Å². The van der Waals surface area contributed by atoms with Crippen molar-refractivity contribution in [3.8, 4) is 17.2 Å². The summed E-state index contributed by atoms with van der Waals surface area (Å²) >= 11 is 1.30. The van der Waals surface area contributed by atoms with Crippen LogP contribution in [0.25, 0.3) is 6.08 Å². The Balaban J connectivity index is 1.64. The molecule has 27 heavy (non-hydrogen) atoms. The molecule has 0 unspecified atom stereocenters. The van der Waals surface area contributed by atoms with Gasteiger partial charge >= 0.3 is 0 Å². The van der Waals surface area contributed by atoms with Crippen LogP contribution in [0.1, 0.15) is 16.7 Å². The lowest BCUT2D eigenvalue weighted by molar-refractivity contribution is -0.115. The van der Waals surface area contributed by atoms with Crippen LogP contribution in [-0.2, 0) is 4.79 Å². The molecule has 2 aliphatic rings. The van der Waals surface area contributed by atoms with Gasteiger partial charge in [-0.05, 0) is 61.0 Å². The molecule has 1 saturated heterocycles. The zero-order chi connectivity index (χ0) is 19.0. The van der Waals surface area contributed by atoms with Gasteiger partial charge in [-0.15, -0.1) is 0 Å². The Morgan fingerprint density at radius 1 is 1.11 bits per heavy atom. The number of methoxy groups -OCH3 is 1. The first-order valence-corrected chi connectivity index (χ1v) is 9.19. The number of ether oxygens (including phenoxy) is 3. The number of fused-ring (bicyclic) bond motifs is 1. The van der Waals surface area contributed by atoms with Crippen LogP contribution >= 0.6 is 11.8 Å². The molecule has 138 valence electrons. The average Bonchev–Trinajstić information content (AvgIpc) is 3.19. The van der Waals surface area contributed by atoms with Crippen molar-refractivity contribution in [1.82, 2.24) is 5.32 Å². The number of nitrogens with one attached hydrogen (secondary N) is 1. The molecule has 2 heterocycles. The third-order valence-corrected chi connectivity index (χ3v) is 5.01. The Morgan fingerprint density at radius 3 is 2.52 bits per heavy atom. The highest BCUT2D eigenvalue weighted by atomic mass is 32.2. The molecule has 7 heteroatoms. The van der Waals surface area contributed by atoms with Gasteiger partial charge in [-0.2, -0.15) is 0 Å². The second-order valence-corrected chi connectivity index (χ2v) is 7.31. The van der Waals surface area contributed by atoms with Gasteiger partial charge < -0.3 is 19.5 Å². The lowest BCUT2D eigenvalue weighted by Gasteiger charge is -2.06. The van der Waals surface area contributed by atoms with E-state index in [0.717, 1.165) is 22.4 Å². The number of benzene rings is 2. The van der Waals surface area contributed by atoms with Crippen LogP contribution in [-0.4, -0.2) is 25.0 Å². The third kappa shape index (κ3) is 3.64. The molecule has 0 saturated carbocycles. The van der Waals surface area contributed by atoms with Gasteiger partial charge in [0.2, 0.25) is 6.79 Å². The average molecular weight is 382 g/mol. The Kier molecular flexibility index (Phi) is 4.53. The fourth-order valence-corrected chi connectivity index (χ4v) is 3.82. The van der Waals surface area contributed by atoms with Crippen LogP contribution < -0.4 is 19.5 Å². The van der Waals surface area contributed by atoms with E-state index >= 15 is 0 Å². The van der Waals surface area contributed by atoms with Gasteiger partial charge in [0, 0.05) is 11.6 Å². The van der Waals surface area contributed by atoms with E-state index < -0.39 is 0 Å². The predicted octanol–water partition coefficient (Wildman–Crippen LogP) is 3.93. The fourth-order valence-electron chi connectivity index (χ4n) is 2.98. The minimum Gasteiger partial charge on any atom is -0.496 e. The van der Waals surface area contributed by atoms with Crippen LogP contribution in [0.3, 0.4) is 0 Å². The summed E-state index contributed by atoms with van der Waals surface area (Å²) in [6, 6.07) is 9.61. The quantitative estimate of drug-likeness (QED) is 0.815. The number of thioether (sulfide) groups is 1. The van der Waals surface area contributed by atoms with Crippen LogP contribution in [0.5, 0.6) is 17.2 Å². The summed E-state index contributed by atoms with van der Waals surface area (Å²) in [5, 5.41) is 3.36. The number of hydrogen-bond acceptors (Lipinski definition) is 6. The molecule has 1 N–H and O–H groups in total. The molecule has 1 amide bonds. The molecule has 4 rings (SSSR count). The van der Waals surface area contributed by atoms with Crippen LogP contribution in [0.4, 0.5) is 5.69 Å². The summed E-state index contributed by atoms with van der Waals surface area (Å²) in [4.78, 5) is 17.5. The van der Waals surface area contributed by atoms with E-state index in [0.29, 0.717) is 27.3 Å². The molecule has 0 spiro atoms. The lowest BCUT2D eigenvalue weighted by atomic mass is 10.1. The highest BCUT2D eigenvalue weighted by molar-refractivity contribution is 8.18. The first kappa shape index (κ1) is 17.5. The van der Waals surface area contributed by atoms with Crippen LogP contribution in [0.2, 0.25) is 0 Å². The second-order valence-electron chi connectivity index (χ2n) is 6.28. The van der Waals surface area contributed by atoms with Gasteiger partial charge in [0.1, 0.15) is 5.75 Å². The Bertz CT molecular complexity index is 977. The minimum atomic E-state index is -0.192. The third-order valence-electron chi connectivity index (χ3n) is 4.10. The number of amidine groups is 1. The van der Waals surface area contributed by atoms with Gasteiger partial charge in [0.15, 0.2) is 16.7 Å². The molecular weight excluding hydrogens is 364 g/mol. The molecule has 0 bridgehead atoms. The molecule has 1 fully saturated rings. The standard InChI is InChI=1S/C20H18N2O4S/c1-11-4-12(2)6-14(5-11)21-20-22-19(23)18(27-20)8-13-7-16-17(26-10-25-16)9-15(13)24-3/h4-9H,10H2,1-3H3,(H,21,22,23)/b18-8-. The molecule has 0 aromatic heterocycles. The Hall–Kier alpha value is -2.93. The zero-order valence-electron chi connectivity index (χ0n) is 15.2. The summed E-state index contributed by atoms with van der Waals surface area (Å²) < 4.78 is 16.2. The predicted molar refractivity (Wildman–Crippen MR) is 106 cm³/mol. The maximum absolute atomic E-state index is 12.4. The van der Waals surface area contributed by atoms with Gasteiger partial charge in [0.05, 0.1) is 17.7 Å². The molecule has 2 aliphatic heterocycles. The maximum Gasteiger partial charge on any atom is 0.264 e. The normalized spacial score (nSPS) is 18.3. The van der Waals surface area contributed by atoms with Gasteiger partial charge in [-0.3, -0.25) is 4.79 Å². The molecule has 0 radical (unpaired) electrons. The number of carbonyl (C=O) groups excluding carboxylic acids is 1. The van der Waals surface area contributed by atoms with Crippen molar-refractivity contribution in [3.05, 3.63) is 51.9 Å². The van der Waals surface area contributed by atoms with E-state index in [4.69, 9.17) is 14.2 Å². The molecular formula is C20H18N2O4S. The van der Waals surface area contributed by atoms with Crippen LogP contribution in [0.15, 0.2) is 40.2 Å². The van der Waals surface area contributed by atoms with E-state index in [1.807, 2.05) is 26.0 Å². The Labute approximate surface area is 161 Å². The van der Waals surface area contributed by atoms with Crippen molar-refractivity contribution in [1.29, 1.82) is 0 Å². The van der Waals surface area contributed by atoms with Gasteiger partial charge in [-0.25, -0.2) is 4.99 Å². The smallest absolute Gasteiger partial charge is 0.264 e. The number of rotatable bonds is 3. The highest BCUT2D eigenvalue weighted by Crippen LogP contribution is 2.40. The first-order valence-electron chi connectivity index (χ1n) is 8.37. The lowest BCUT2D eigenvalue weighted by Crippen LogP contribution is -2.19. The van der Waals surface area contributed by atoms with Crippen molar-refractivity contribution < 1.29 is 19.0 Å². The maximum atomic E-state index is 12.4. The number of aryl methyl sites for hydroxylation is 2. The number of carbonyl (C=O) groups is 1. The van der Waals surface area contributed by atoms with E-state index in [1.54, 1.807) is 25.3 Å². The number of nitrogens with zero attached hydrogens (tertiary/aromatic N) is 1. The molecule has 6 nitrogen and oxygen atoms in total. The van der Waals surface area contributed by atoms with Gasteiger partial charge in [0.25, 0.3) is 5.91 Å². The molecule has 0 aliphatic carbocycles. The van der Waals surface area contributed by atoms with Crippen molar-refractivity contribution in [2.75, 3.05) is 13.9 Å². The molecule has 2 aromatic rings. The van der Waals surface area contributed by atoms with E-state index in [9.17, 15) is 4.79 Å². The van der Waals surface area contributed by atoms with E-state index in [-0.39, 0.29) is 12.7 Å².